The Hall–Kier alpha value is 1.25. The molecule has 0 radical (unpaired) electrons. The first-order chi connectivity index (χ1) is 1.41. The summed E-state index contributed by atoms with van der Waals surface area (Å²) in [6.07, 6.45) is 0. The van der Waals surface area contributed by atoms with Crippen LogP contribution in [0, 0.1) is 0 Å². The van der Waals surface area contributed by atoms with Crippen molar-refractivity contribution < 1.29 is 25.4 Å². The van der Waals surface area contributed by atoms with E-state index in [1.54, 1.807) is 0 Å². The van der Waals surface area contributed by atoms with Crippen LogP contribution in [0.2, 0.25) is 0 Å². The van der Waals surface area contributed by atoms with Crippen LogP contribution >= 0.6 is 0 Å². The van der Waals surface area contributed by atoms with Crippen LogP contribution in [-0.2, 0) is 19.5 Å². The van der Waals surface area contributed by atoms with Gasteiger partial charge in [0, 0.05) is 19.5 Å². The van der Waals surface area contributed by atoms with Gasteiger partial charge in [-0.25, -0.2) is 0 Å². The van der Waals surface area contributed by atoms with Crippen molar-refractivity contribution in [3.05, 3.63) is 0 Å². The average Bonchev–Trinajstić information content (AvgIpc) is 0.918. The summed E-state index contributed by atoms with van der Waals surface area (Å²) in [7, 11) is 0. The van der Waals surface area contributed by atoms with Gasteiger partial charge < -0.3 is 5.91 Å². The van der Waals surface area contributed by atoms with Gasteiger partial charge in [0.1, 0.15) is 0 Å². The minimum Gasteiger partial charge on any atom is -0.440 e. The SMILES string of the molecule is [F][Mg][F].[Zn]. The summed E-state index contributed by atoms with van der Waals surface area (Å²) in [5, 5.41) is 0. The molecule has 0 bridgehead atoms. The Balaban J connectivity index is 0. The van der Waals surface area contributed by atoms with Crippen molar-refractivity contribution in [1.82, 2.24) is 0 Å². The summed E-state index contributed by atoms with van der Waals surface area (Å²) in [6, 6.07) is 0. The first-order valence-electron chi connectivity index (χ1n) is 0.535. The van der Waals surface area contributed by atoms with Crippen molar-refractivity contribution in [2.45, 2.75) is 0 Å². The Bertz CT molecular complexity index is 6.00. The molecule has 0 saturated heterocycles. The number of hydrogen-bond acceptors (Lipinski definition) is 0. The molecule has 0 aromatic carbocycles. The summed E-state index contributed by atoms with van der Waals surface area (Å²) in [5.41, 5.74) is 0. The second-order valence-corrected chi connectivity index (χ2v) is 0.303. The summed E-state index contributed by atoms with van der Waals surface area (Å²) in [6.45, 7) is 0. The van der Waals surface area contributed by atoms with Crippen LogP contribution in [0.3, 0.4) is 0 Å². The molecule has 0 unspecified atom stereocenters. The topological polar surface area (TPSA) is 0 Å². The molecule has 0 amide bonds. The molecule has 0 atom stereocenters. The van der Waals surface area contributed by atoms with Crippen molar-refractivity contribution in [3.63, 3.8) is 0 Å². The van der Waals surface area contributed by atoms with E-state index in [4.69, 9.17) is 0 Å². The van der Waals surface area contributed by atoms with Gasteiger partial charge in [0.2, 0.25) is 0 Å². The summed E-state index contributed by atoms with van der Waals surface area (Å²) in [5.74, 6) is 0. The van der Waals surface area contributed by atoms with Crippen LogP contribution in [0.25, 0.3) is 0 Å². The minimum atomic E-state index is -2.58. The van der Waals surface area contributed by atoms with E-state index in [0.717, 1.165) is 0 Å². The fourth-order valence-electron chi connectivity index (χ4n) is 0. The van der Waals surface area contributed by atoms with Gasteiger partial charge in [0.15, 0.2) is 0 Å². The maximum Gasteiger partial charge on any atom is 0.879 e. The van der Waals surface area contributed by atoms with Crippen LogP contribution < -0.4 is 0 Å². The van der Waals surface area contributed by atoms with Crippen molar-refractivity contribution in [2.75, 3.05) is 0 Å². The zero-order valence-electron chi connectivity index (χ0n) is 2.17. The maximum atomic E-state index is 9.76. The first kappa shape index (κ1) is 8.98. The molecular weight excluding hydrogens is 128 g/mol. The van der Waals surface area contributed by atoms with Crippen molar-refractivity contribution in [3.8, 4) is 0 Å². The predicted molar refractivity (Wildman–Crippen MR) is 7.97 cm³/mol. The van der Waals surface area contributed by atoms with Crippen LogP contribution in [-0.4, -0.2) is 21.5 Å². The number of rotatable bonds is 0. The fraction of sp³-hybridized carbons (Fsp3) is 0. The molecule has 0 nitrogen and oxygen atoms in total. The van der Waals surface area contributed by atoms with Crippen LogP contribution in [0.4, 0.5) is 5.91 Å². The van der Waals surface area contributed by atoms with Gasteiger partial charge in [-0.3, -0.25) is 0 Å². The Morgan fingerprint density at radius 3 is 1.25 bits per heavy atom. The van der Waals surface area contributed by atoms with E-state index in [2.05, 4.69) is 0 Å². The molecular formula is F2MgZn. The van der Waals surface area contributed by atoms with E-state index in [9.17, 15) is 5.91 Å². The average molecular weight is 128 g/mol. The molecule has 0 aromatic rings. The summed E-state index contributed by atoms with van der Waals surface area (Å²) < 4.78 is 19.5. The molecule has 4 heavy (non-hydrogen) atoms. The number of hydrogen-bond donors (Lipinski definition) is 0. The van der Waals surface area contributed by atoms with E-state index in [1.807, 2.05) is 0 Å². The van der Waals surface area contributed by atoms with Gasteiger partial charge in [-0.15, -0.1) is 0 Å². The molecule has 0 aromatic heterocycles. The van der Waals surface area contributed by atoms with Gasteiger partial charge in [0.25, 0.3) is 0 Å². The van der Waals surface area contributed by atoms with Crippen LogP contribution in [0.1, 0.15) is 0 Å². The van der Waals surface area contributed by atoms with Gasteiger partial charge in [-0.05, 0) is 0 Å². The van der Waals surface area contributed by atoms with E-state index in [1.165, 1.54) is 0 Å². The van der Waals surface area contributed by atoms with Gasteiger partial charge in [0.05, 0.1) is 0 Å². The molecule has 0 spiro atoms. The zero-order chi connectivity index (χ0) is 2.71. The van der Waals surface area contributed by atoms with Crippen molar-refractivity contribution in [1.29, 1.82) is 0 Å². The Morgan fingerprint density at radius 2 is 1.25 bits per heavy atom. The Kier molecular flexibility index (Phi) is 19.9. The second-order valence-electron chi connectivity index (χ2n) is 0.101. The molecule has 0 aliphatic rings. The molecule has 0 heterocycles. The Labute approximate surface area is 46.9 Å². The first-order valence-corrected chi connectivity index (χ1v) is 1.60. The monoisotopic (exact) mass is 126 g/mol. The Morgan fingerprint density at radius 1 is 1.25 bits per heavy atom. The maximum absolute atomic E-state index is 9.76. The number of halogens is 2. The molecule has 0 aliphatic carbocycles. The van der Waals surface area contributed by atoms with Crippen molar-refractivity contribution >= 4 is 21.5 Å². The van der Waals surface area contributed by atoms with Crippen molar-refractivity contribution in [2.24, 2.45) is 0 Å². The molecule has 0 fully saturated rings. The van der Waals surface area contributed by atoms with Gasteiger partial charge in [-0.1, -0.05) is 0 Å². The van der Waals surface area contributed by atoms with Crippen LogP contribution in [0.5, 0.6) is 0 Å². The summed E-state index contributed by atoms with van der Waals surface area (Å²) in [4.78, 5) is 0. The standard InChI is InChI=1S/2FH.Mg.Zn/h2*1H;;/q;;+2;/p-2. The molecule has 0 aliphatic heterocycles. The molecule has 0 N–H and O–H groups in total. The van der Waals surface area contributed by atoms with E-state index in [0.29, 0.717) is 0 Å². The molecule has 0 rings (SSSR count). The van der Waals surface area contributed by atoms with Crippen LogP contribution in [0.15, 0.2) is 0 Å². The minimum absolute atomic E-state index is 0. The van der Waals surface area contributed by atoms with E-state index >= 15 is 0 Å². The van der Waals surface area contributed by atoms with Gasteiger partial charge >= 0.3 is 21.5 Å². The van der Waals surface area contributed by atoms with E-state index < -0.39 is 21.5 Å². The quantitative estimate of drug-likeness (QED) is 0.415. The normalized spacial score (nSPS) is 2.50. The van der Waals surface area contributed by atoms with Gasteiger partial charge in [-0.2, -0.15) is 0 Å². The molecule has 4 heteroatoms. The molecule has 0 saturated carbocycles. The second kappa shape index (κ2) is 8.87. The summed E-state index contributed by atoms with van der Waals surface area (Å²) >= 11 is -2.58. The third-order valence-electron chi connectivity index (χ3n) is 0. The third-order valence-corrected chi connectivity index (χ3v) is 0. The zero-order valence-corrected chi connectivity index (χ0v) is 6.55. The third kappa shape index (κ3) is 10.5. The fourth-order valence-corrected chi connectivity index (χ4v) is 0. The van der Waals surface area contributed by atoms with E-state index in [-0.39, 0.29) is 19.5 Å². The predicted octanol–water partition coefficient (Wildman–Crippen LogP) is 0.457. The smallest absolute Gasteiger partial charge is 0.440 e. The molecule has 18 valence electrons. The largest absolute Gasteiger partial charge is 0.879 e.